The Morgan fingerprint density at radius 3 is 2.50 bits per heavy atom. The van der Waals surface area contributed by atoms with Gasteiger partial charge in [-0.05, 0) is 20.4 Å². The quantitative estimate of drug-likeness (QED) is 0.697. The molecule has 1 heterocycles. The van der Waals surface area contributed by atoms with Gasteiger partial charge in [0.15, 0.2) is 0 Å². The van der Waals surface area contributed by atoms with Crippen LogP contribution in [0, 0.1) is 12.3 Å². The molecule has 1 aliphatic rings. The Balaban J connectivity index is 2.25. The first-order valence-corrected chi connectivity index (χ1v) is 6.70. The number of ether oxygens (including phenoxy) is 1. The monoisotopic (exact) mass is 254 g/mol. The SMILES string of the molecule is C#C[C@@](C)(CC)OC[C@@H](O)CN1CCN(C)CC1. The van der Waals surface area contributed by atoms with E-state index in [1.807, 2.05) is 13.8 Å². The molecule has 104 valence electrons. The molecule has 0 aromatic rings. The van der Waals surface area contributed by atoms with Crippen LogP contribution in [0.25, 0.3) is 0 Å². The van der Waals surface area contributed by atoms with Gasteiger partial charge in [0.2, 0.25) is 0 Å². The molecule has 0 bridgehead atoms. The van der Waals surface area contributed by atoms with E-state index in [2.05, 4.69) is 22.8 Å². The maximum atomic E-state index is 9.97. The summed E-state index contributed by atoms with van der Waals surface area (Å²) in [5.41, 5.74) is -0.552. The molecule has 1 fully saturated rings. The highest BCUT2D eigenvalue weighted by atomic mass is 16.5. The second kappa shape index (κ2) is 7.10. The molecule has 0 radical (unpaired) electrons. The predicted octanol–water partition coefficient (Wildman–Crippen LogP) is 0.413. The van der Waals surface area contributed by atoms with Crippen LogP contribution in [0.1, 0.15) is 20.3 Å². The lowest BCUT2D eigenvalue weighted by Gasteiger charge is -2.34. The van der Waals surface area contributed by atoms with Crippen LogP contribution in [0.2, 0.25) is 0 Å². The fourth-order valence-electron chi connectivity index (χ4n) is 1.91. The summed E-state index contributed by atoms with van der Waals surface area (Å²) in [6.07, 6.45) is 5.72. The van der Waals surface area contributed by atoms with Gasteiger partial charge in [-0.1, -0.05) is 12.8 Å². The highest BCUT2D eigenvalue weighted by Gasteiger charge is 2.22. The lowest BCUT2D eigenvalue weighted by molar-refractivity contribution is -0.0495. The molecule has 0 aliphatic carbocycles. The van der Waals surface area contributed by atoms with Gasteiger partial charge in [-0.3, -0.25) is 4.90 Å². The Labute approximate surface area is 111 Å². The van der Waals surface area contributed by atoms with Gasteiger partial charge in [-0.15, -0.1) is 6.42 Å². The van der Waals surface area contributed by atoms with Crippen molar-refractivity contribution < 1.29 is 9.84 Å². The van der Waals surface area contributed by atoms with Crippen LogP contribution >= 0.6 is 0 Å². The van der Waals surface area contributed by atoms with Crippen LogP contribution in [0.5, 0.6) is 0 Å². The zero-order chi connectivity index (χ0) is 13.6. The molecule has 2 atom stereocenters. The highest BCUT2D eigenvalue weighted by molar-refractivity contribution is 5.05. The largest absolute Gasteiger partial charge is 0.389 e. The van der Waals surface area contributed by atoms with E-state index >= 15 is 0 Å². The molecule has 1 N–H and O–H groups in total. The Kier molecular flexibility index (Phi) is 6.10. The van der Waals surface area contributed by atoms with Gasteiger partial charge in [0.05, 0.1) is 12.7 Å². The van der Waals surface area contributed by atoms with Gasteiger partial charge in [-0.25, -0.2) is 0 Å². The van der Waals surface area contributed by atoms with Crippen LogP contribution in [0.4, 0.5) is 0 Å². The molecule has 0 aromatic heterocycles. The van der Waals surface area contributed by atoms with E-state index in [0.717, 1.165) is 32.6 Å². The summed E-state index contributed by atoms with van der Waals surface area (Å²) in [6, 6.07) is 0. The van der Waals surface area contributed by atoms with Gasteiger partial charge in [0.25, 0.3) is 0 Å². The highest BCUT2D eigenvalue weighted by Crippen LogP contribution is 2.14. The summed E-state index contributed by atoms with van der Waals surface area (Å²) < 4.78 is 5.63. The van der Waals surface area contributed by atoms with E-state index in [4.69, 9.17) is 11.2 Å². The van der Waals surface area contributed by atoms with Crippen molar-refractivity contribution in [1.29, 1.82) is 0 Å². The Morgan fingerprint density at radius 2 is 2.00 bits per heavy atom. The number of terminal acetylenes is 1. The summed E-state index contributed by atoms with van der Waals surface area (Å²) in [6.45, 7) is 8.98. The predicted molar refractivity (Wildman–Crippen MR) is 73.4 cm³/mol. The van der Waals surface area contributed by atoms with Gasteiger partial charge in [0.1, 0.15) is 5.60 Å². The van der Waals surface area contributed by atoms with Crippen molar-refractivity contribution in [2.24, 2.45) is 0 Å². The van der Waals surface area contributed by atoms with Crippen molar-refractivity contribution in [3.05, 3.63) is 0 Å². The maximum absolute atomic E-state index is 9.97. The van der Waals surface area contributed by atoms with Crippen molar-refractivity contribution in [3.8, 4) is 12.3 Å². The first-order chi connectivity index (χ1) is 8.49. The number of piperazine rings is 1. The van der Waals surface area contributed by atoms with Crippen molar-refractivity contribution >= 4 is 0 Å². The average molecular weight is 254 g/mol. The van der Waals surface area contributed by atoms with Crippen LogP contribution in [-0.4, -0.2) is 73.0 Å². The molecule has 1 rings (SSSR count). The summed E-state index contributed by atoms with van der Waals surface area (Å²) in [5, 5.41) is 9.97. The molecule has 0 spiro atoms. The van der Waals surface area contributed by atoms with Gasteiger partial charge >= 0.3 is 0 Å². The maximum Gasteiger partial charge on any atom is 0.125 e. The smallest absolute Gasteiger partial charge is 0.125 e. The Hall–Kier alpha value is -0.600. The molecule has 0 saturated carbocycles. The molecular weight excluding hydrogens is 228 g/mol. The third kappa shape index (κ3) is 4.95. The Bertz CT molecular complexity index is 282. The minimum absolute atomic E-state index is 0.306. The van der Waals surface area contributed by atoms with E-state index in [-0.39, 0.29) is 0 Å². The first kappa shape index (κ1) is 15.5. The zero-order valence-corrected chi connectivity index (χ0v) is 11.9. The number of hydrogen-bond acceptors (Lipinski definition) is 4. The molecule has 18 heavy (non-hydrogen) atoms. The normalized spacial score (nSPS) is 23.3. The Morgan fingerprint density at radius 1 is 1.39 bits per heavy atom. The van der Waals surface area contributed by atoms with Crippen LogP contribution in [0.15, 0.2) is 0 Å². The van der Waals surface area contributed by atoms with Crippen LogP contribution in [-0.2, 0) is 4.74 Å². The number of likely N-dealkylation sites (N-methyl/N-ethyl adjacent to an activating group) is 1. The molecule has 4 heteroatoms. The topological polar surface area (TPSA) is 35.9 Å². The van der Waals surface area contributed by atoms with Gasteiger partial charge in [-0.2, -0.15) is 0 Å². The minimum Gasteiger partial charge on any atom is -0.389 e. The standard InChI is InChI=1S/C14H26N2O2/c1-5-14(3,6-2)18-12-13(17)11-16-9-7-15(4)8-10-16/h1,13,17H,6-12H2,2-4H3/t13-,14-/m0/s1. The number of nitrogens with zero attached hydrogens (tertiary/aromatic N) is 2. The van der Waals surface area contributed by atoms with Crippen molar-refractivity contribution in [2.45, 2.75) is 32.0 Å². The van der Waals surface area contributed by atoms with E-state index in [1.54, 1.807) is 0 Å². The number of hydrogen-bond donors (Lipinski definition) is 1. The number of aliphatic hydroxyl groups is 1. The van der Waals surface area contributed by atoms with Crippen LogP contribution < -0.4 is 0 Å². The average Bonchev–Trinajstić information content (AvgIpc) is 2.39. The van der Waals surface area contributed by atoms with Crippen molar-refractivity contribution in [1.82, 2.24) is 9.80 Å². The lowest BCUT2D eigenvalue weighted by Crippen LogP contribution is -2.48. The minimum atomic E-state index is -0.552. The summed E-state index contributed by atoms with van der Waals surface area (Å²) >= 11 is 0. The van der Waals surface area contributed by atoms with Crippen molar-refractivity contribution in [3.63, 3.8) is 0 Å². The van der Waals surface area contributed by atoms with E-state index in [0.29, 0.717) is 13.2 Å². The number of aliphatic hydroxyl groups excluding tert-OH is 1. The fraction of sp³-hybridized carbons (Fsp3) is 0.857. The molecule has 0 unspecified atom stereocenters. The molecule has 1 saturated heterocycles. The van der Waals surface area contributed by atoms with Crippen molar-refractivity contribution in [2.75, 3.05) is 46.4 Å². The first-order valence-electron chi connectivity index (χ1n) is 6.70. The second-order valence-corrected chi connectivity index (χ2v) is 5.30. The third-order valence-corrected chi connectivity index (χ3v) is 3.64. The molecule has 0 aromatic carbocycles. The fourth-order valence-corrected chi connectivity index (χ4v) is 1.91. The lowest BCUT2D eigenvalue weighted by atomic mass is 10.1. The number of β-amino-alcohol motifs (C(OH)–C–C–N with tert-alkyl or cyclic N) is 1. The van der Waals surface area contributed by atoms with Gasteiger partial charge < -0.3 is 14.7 Å². The van der Waals surface area contributed by atoms with E-state index in [1.165, 1.54) is 0 Å². The summed E-state index contributed by atoms with van der Waals surface area (Å²) in [7, 11) is 2.12. The van der Waals surface area contributed by atoms with E-state index < -0.39 is 11.7 Å². The van der Waals surface area contributed by atoms with Gasteiger partial charge in [0, 0.05) is 32.7 Å². The van der Waals surface area contributed by atoms with E-state index in [9.17, 15) is 5.11 Å². The third-order valence-electron chi connectivity index (χ3n) is 3.64. The summed E-state index contributed by atoms with van der Waals surface area (Å²) in [4.78, 5) is 4.57. The molecule has 1 aliphatic heterocycles. The molecule has 4 nitrogen and oxygen atoms in total. The van der Waals surface area contributed by atoms with Crippen LogP contribution in [0.3, 0.4) is 0 Å². The molecule has 0 amide bonds. The number of rotatable bonds is 6. The second-order valence-electron chi connectivity index (χ2n) is 5.30. The molecular formula is C14H26N2O2. The summed E-state index contributed by atoms with van der Waals surface area (Å²) in [5.74, 6) is 2.64. The zero-order valence-electron chi connectivity index (χ0n) is 11.9.